The van der Waals surface area contributed by atoms with E-state index in [1.54, 1.807) is 13.2 Å². The normalized spacial score (nSPS) is 20.6. The van der Waals surface area contributed by atoms with Gasteiger partial charge in [-0.1, -0.05) is 23.7 Å². The fraction of sp³-hybridized carbons (Fsp3) is 0.435. The Morgan fingerprint density at radius 3 is 2.41 bits per heavy atom. The fourth-order valence-corrected chi connectivity index (χ4v) is 4.60. The van der Waals surface area contributed by atoms with Crippen LogP contribution in [0.15, 0.2) is 48.5 Å². The van der Waals surface area contributed by atoms with Gasteiger partial charge in [0, 0.05) is 51.0 Å². The zero-order valence-electron chi connectivity index (χ0n) is 16.9. The molecule has 0 spiro atoms. The number of carbonyl (C=O) groups excluding carboxylic acids is 1. The smallest absolute Gasteiger partial charge is 0.255 e. The molecule has 0 aliphatic carbocycles. The maximum atomic E-state index is 12.9. The summed E-state index contributed by atoms with van der Waals surface area (Å²) in [6.07, 6.45) is 2.19. The molecule has 1 amide bonds. The number of amides is 1. The van der Waals surface area contributed by atoms with Gasteiger partial charge in [-0.15, -0.1) is 0 Å². The lowest BCUT2D eigenvalue weighted by molar-refractivity contribution is 0.0563. The molecule has 154 valence electrons. The van der Waals surface area contributed by atoms with E-state index in [1.165, 1.54) is 5.69 Å². The SMILES string of the molecule is COc1ccc(N2CCN([C@@H]3CCCN(C(=O)c4ccccc4Cl)C3)CC2)cc1. The van der Waals surface area contributed by atoms with Gasteiger partial charge in [0.05, 0.1) is 17.7 Å². The molecule has 0 radical (unpaired) electrons. The summed E-state index contributed by atoms with van der Waals surface area (Å²) in [6.45, 7) is 5.64. The number of carbonyl (C=O) groups is 1. The van der Waals surface area contributed by atoms with Gasteiger partial charge in [-0.25, -0.2) is 0 Å². The summed E-state index contributed by atoms with van der Waals surface area (Å²) in [7, 11) is 1.69. The first-order valence-corrected chi connectivity index (χ1v) is 10.7. The molecule has 4 rings (SSSR count). The Hall–Kier alpha value is -2.24. The van der Waals surface area contributed by atoms with Crippen molar-refractivity contribution in [1.82, 2.24) is 9.80 Å². The zero-order valence-corrected chi connectivity index (χ0v) is 17.6. The molecule has 0 bridgehead atoms. The number of methoxy groups -OCH3 is 1. The molecule has 2 aliphatic heterocycles. The predicted molar refractivity (Wildman–Crippen MR) is 117 cm³/mol. The first-order valence-electron chi connectivity index (χ1n) is 10.3. The first-order chi connectivity index (χ1) is 14.2. The molecule has 2 aliphatic rings. The van der Waals surface area contributed by atoms with Crippen LogP contribution in [0.3, 0.4) is 0 Å². The number of anilines is 1. The van der Waals surface area contributed by atoms with Gasteiger partial charge in [0.1, 0.15) is 5.75 Å². The summed E-state index contributed by atoms with van der Waals surface area (Å²) >= 11 is 6.25. The van der Waals surface area contributed by atoms with Gasteiger partial charge >= 0.3 is 0 Å². The van der Waals surface area contributed by atoms with Crippen LogP contribution in [0.5, 0.6) is 5.75 Å². The molecule has 0 saturated carbocycles. The van der Waals surface area contributed by atoms with Crippen molar-refractivity contribution in [3.8, 4) is 5.75 Å². The van der Waals surface area contributed by atoms with Crippen LogP contribution in [0.2, 0.25) is 5.02 Å². The molecule has 29 heavy (non-hydrogen) atoms. The topological polar surface area (TPSA) is 36.0 Å². The summed E-state index contributed by atoms with van der Waals surface area (Å²) in [5, 5.41) is 0.535. The molecule has 2 aromatic rings. The second-order valence-corrected chi connectivity index (χ2v) is 8.16. The van der Waals surface area contributed by atoms with E-state index in [2.05, 4.69) is 21.9 Å². The van der Waals surface area contributed by atoms with Crippen molar-refractivity contribution in [2.75, 3.05) is 51.3 Å². The molecule has 2 fully saturated rings. The van der Waals surface area contributed by atoms with Crippen LogP contribution in [0.4, 0.5) is 5.69 Å². The molecule has 2 saturated heterocycles. The Balaban J connectivity index is 1.35. The van der Waals surface area contributed by atoms with E-state index in [-0.39, 0.29) is 5.91 Å². The highest BCUT2D eigenvalue weighted by molar-refractivity contribution is 6.33. The lowest BCUT2D eigenvalue weighted by atomic mass is 10.0. The average Bonchev–Trinajstić information content (AvgIpc) is 2.79. The quantitative estimate of drug-likeness (QED) is 0.764. The second kappa shape index (κ2) is 9.06. The monoisotopic (exact) mass is 413 g/mol. The van der Waals surface area contributed by atoms with E-state index >= 15 is 0 Å². The Kier molecular flexibility index (Phi) is 6.26. The number of rotatable bonds is 4. The van der Waals surface area contributed by atoms with Crippen molar-refractivity contribution in [3.05, 3.63) is 59.1 Å². The molecular formula is C23H28ClN3O2. The van der Waals surface area contributed by atoms with Crippen molar-refractivity contribution in [2.45, 2.75) is 18.9 Å². The van der Waals surface area contributed by atoms with Crippen LogP contribution in [0.1, 0.15) is 23.2 Å². The summed E-state index contributed by atoms with van der Waals surface area (Å²) in [5.41, 5.74) is 1.85. The highest BCUT2D eigenvalue weighted by atomic mass is 35.5. The Labute approximate surface area is 177 Å². The Bertz CT molecular complexity index is 834. The highest BCUT2D eigenvalue weighted by Crippen LogP contribution is 2.25. The maximum Gasteiger partial charge on any atom is 0.255 e. The van der Waals surface area contributed by atoms with Crippen molar-refractivity contribution in [3.63, 3.8) is 0 Å². The summed E-state index contributed by atoms with van der Waals surface area (Å²) in [6, 6.07) is 16.0. The van der Waals surface area contributed by atoms with Gasteiger partial charge in [-0.3, -0.25) is 9.69 Å². The van der Waals surface area contributed by atoms with E-state index < -0.39 is 0 Å². The molecule has 1 atom stereocenters. The average molecular weight is 414 g/mol. The van der Waals surface area contributed by atoms with Crippen molar-refractivity contribution < 1.29 is 9.53 Å². The first kappa shape index (κ1) is 20.0. The molecule has 0 aromatic heterocycles. The van der Waals surface area contributed by atoms with E-state index in [4.69, 9.17) is 16.3 Å². The summed E-state index contributed by atoms with van der Waals surface area (Å²) < 4.78 is 5.25. The van der Waals surface area contributed by atoms with Crippen LogP contribution in [-0.2, 0) is 0 Å². The van der Waals surface area contributed by atoms with E-state index in [1.807, 2.05) is 35.2 Å². The maximum absolute atomic E-state index is 12.9. The van der Waals surface area contributed by atoms with Crippen molar-refractivity contribution in [2.24, 2.45) is 0 Å². The Morgan fingerprint density at radius 2 is 1.72 bits per heavy atom. The van der Waals surface area contributed by atoms with E-state index in [0.717, 1.165) is 57.9 Å². The lowest BCUT2D eigenvalue weighted by Gasteiger charge is -2.44. The zero-order chi connectivity index (χ0) is 20.2. The second-order valence-electron chi connectivity index (χ2n) is 7.75. The van der Waals surface area contributed by atoms with Crippen LogP contribution in [0, 0.1) is 0 Å². The van der Waals surface area contributed by atoms with Crippen LogP contribution in [-0.4, -0.2) is 68.1 Å². The summed E-state index contributed by atoms with van der Waals surface area (Å²) in [4.78, 5) is 19.9. The largest absolute Gasteiger partial charge is 0.497 e. The molecular weight excluding hydrogens is 386 g/mol. The number of benzene rings is 2. The van der Waals surface area contributed by atoms with Crippen LogP contribution < -0.4 is 9.64 Å². The summed E-state index contributed by atoms with van der Waals surface area (Å²) in [5.74, 6) is 0.940. The number of hydrogen-bond donors (Lipinski definition) is 0. The molecule has 0 unspecified atom stereocenters. The third kappa shape index (κ3) is 4.51. The van der Waals surface area contributed by atoms with Gasteiger partial charge in [-0.05, 0) is 49.2 Å². The molecule has 5 nitrogen and oxygen atoms in total. The molecule has 2 heterocycles. The van der Waals surface area contributed by atoms with Gasteiger partial charge in [0.2, 0.25) is 0 Å². The van der Waals surface area contributed by atoms with Crippen molar-refractivity contribution in [1.29, 1.82) is 0 Å². The third-order valence-electron chi connectivity index (χ3n) is 6.06. The number of halogens is 1. The lowest BCUT2D eigenvalue weighted by Crippen LogP contribution is -2.55. The molecule has 0 N–H and O–H groups in total. The van der Waals surface area contributed by atoms with Gasteiger partial charge < -0.3 is 14.5 Å². The molecule has 2 aromatic carbocycles. The predicted octanol–water partition coefficient (Wildman–Crippen LogP) is 3.78. The highest BCUT2D eigenvalue weighted by Gasteiger charge is 2.30. The number of piperazine rings is 1. The number of piperidine rings is 1. The van der Waals surface area contributed by atoms with Gasteiger partial charge in [0.15, 0.2) is 0 Å². The van der Waals surface area contributed by atoms with Crippen LogP contribution in [0.25, 0.3) is 0 Å². The van der Waals surface area contributed by atoms with E-state index in [0.29, 0.717) is 16.6 Å². The standard InChI is InChI=1S/C23H28ClN3O2/c1-29-20-10-8-18(9-11-20)25-13-15-26(16-14-25)19-5-4-12-27(17-19)23(28)21-6-2-3-7-22(21)24/h2-3,6-11,19H,4-5,12-17H2,1H3/t19-/m1/s1. The third-order valence-corrected chi connectivity index (χ3v) is 6.39. The van der Waals surface area contributed by atoms with E-state index in [9.17, 15) is 4.79 Å². The fourth-order valence-electron chi connectivity index (χ4n) is 4.38. The minimum atomic E-state index is 0.0529. The van der Waals surface area contributed by atoms with Gasteiger partial charge in [-0.2, -0.15) is 0 Å². The van der Waals surface area contributed by atoms with Crippen molar-refractivity contribution >= 4 is 23.2 Å². The number of nitrogens with zero attached hydrogens (tertiary/aromatic N) is 3. The minimum absolute atomic E-state index is 0.0529. The number of hydrogen-bond acceptors (Lipinski definition) is 4. The van der Waals surface area contributed by atoms with Gasteiger partial charge in [0.25, 0.3) is 5.91 Å². The number of likely N-dealkylation sites (tertiary alicyclic amines) is 1. The van der Waals surface area contributed by atoms with Crippen LogP contribution >= 0.6 is 11.6 Å². The minimum Gasteiger partial charge on any atom is -0.497 e. The molecule has 6 heteroatoms. The number of ether oxygens (including phenoxy) is 1. The Morgan fingerprint density at radius 1 is 1.00 bits per heavy atom.